The highest BCUT2D eigenvalue weighted by molar-refractivity contribution is 7.92. The molecule has 0 bridgehead atoms. The van der Waals surface area contributed by atoms with Crippen molar-refractivity contribution in [1.29, 1.82) is 0 Å². The first-order chi connectivity index (χ1) is 10.7. The molecule has 0 aromatic heterocycles. The lowest BCUT2D eigenvalue weighted by atomic mass is 10.2. The summed E-state index contributed by atoms with van der Waals surface area (Å²) < 4.78 is 26.7. The van der Waals surface area contributed by atoms with Gasteiger partial charge in [0.25, 0.3) is 21.4 Å². The lowest BCUT2D eigenvalue weighted by Crippen LogP contribution is -2.14. The molecular formula is C13H11N3O6S. The van der Waals surface area contributed by atoms with Gasteiger partial charge >= 0.3 is 0 Å². The second-order valence-corrected chi connectivity index (χ2v) is 6.24. The van der Waals surface area contributed by atoms with Crippen LogP contribution in [0.3, 0.4) is 0 Å². The lowest BCUT2D eigenvalue weighted by molar-refractivity contribution is -0.387. The highest BCUT2D eigenvalue weighted by Gasteiger charge is 2.25. The Morgan fingerprint density at radius 2 is 1.57 bits per heavy atom. The Bertz CT molecular complexity index is 894. The molecule has 1 N–H and O–H groups in total. The van der Waals surface area contributed by atoms with E-state index in [0.717, 1.165) is 18.2 Å². The first kappa shape index (κ1) is 16.4. The Morgan fingerprint density at radius 3 is 2.17 bits per heavy atom. The molecule has 9 nitrogen and oxygen atoms in total. The molecule has 0 radical (unpaired) electrons. The van der Waals surface area contributed by atoms with Gasteiger partial charge in [0.2, 0.25) is 0 Å². The molecule has 10 heteroatoms. The van der Waals surface area contributed by atoms with E-state index in [0.29, 0.717) is 5.56 Å². The average molecular weight is 337 g/mol. The molecule has 0 atom stereocenters. The third-order valence-electron chi connectivity index (χ3n) is 3.01. The number of sulfonamides is 1. The fourth-order valence-electron chi connectivity index (χ4n) is 1.91. The SMILES string of the molecule is Cc1ccc(NS(=O)(=O)c2ccccc2[N+](=O)[O-])cc1[N+](=O)[O-]. The van der Waals surface area contributed by atoms with Gasteiger partial charge in [-0.2, -0.15) is 0 Å². The van der Waals surface area contributed by atoms with Crippen LogP contribution in [0.2, 0.25) is 0 Å². The maximum absolute atomic E-state index is 12.3. The van der Waals surface area contributed by atoms with Gasteiger partial charge in [-0.25, -0.2) is 8.42 Å². The van der Waals surface area contributed by atoms with Crippen LogP contribution in [0, 0.1) is 27.2 Å². The number of nitro benzene ring substituents is 2. The number of hydrogen-bond donors (Lipinski definition) is 1. The van der Waals surface area contributed by atoms with Crippen LogP contribution in [-0.2, 0) is 10.0 Å². The highest BCUT2D eigenvalue weighted by atomic mass is 32.2. The number of hydrogen-bond acceptors (Lipinski definition) is 6. The molecule has 0 spiro atoms. The quantitative estimate of drug-likeness (QED) is 0.658. The zero-order valence-electron chi connectivity index (χ0n) is 11.8. The Kier molecular flexibility index (Phi) is 4.27. The molecule has 0 fully saturated rings. The van der Waals surface area contributed by atoms with E-state index in [-0.39, 0.29) is 11.4 Å². The molecule has 0 unspecified atom stereocenters. The molecule has 0 saturated carbocycles. The van der Waals surface area contributed by atoms with Crippen LogP contribution >= 0.6 is 0 Å². The van der Waals surface area contributed by atoms with Crippen molar-refractivity contribution < 1.29 is 18.3 Å². The monoisotopic (exact) mass is 337 g/mol. The smallest absolute Gasteiger partial charge is 0.279 e. The first-order valence-electron chi connectivity index (χ1n) is 6.23. The normalized spacial score (nSPS) is 11.0. The summed E-state index contributed by atoms with van der Waals surface area (Å²) in [6, 6.07) is 8.62. The molecule has 0 aliphatic carbocycles. The number of anilines is 1. The van der Waals surface area contributed by atoms with Gasteiger partial charge in [0, 0.05) is 17.7 Å². The molecule has 0 aliphatic heterocycles. The van der Waals surface area contributed by atoms with E-state index in [1.54, 1.807) is 0 Å². The van der Waals surface area contributed by atoms with Crippen LogP contribution < -0.4 is 4.72 Å². The second-order valence-electron chi connectivity index (χ2n) is 4.59. The highest BCUT2D eigenvalue weighted by Crippen LogP contribution is 2.27. The molecule has 23 heavy (non-hydrogen) atoms. The van der Waals surface area contributed by atoms with Crippen molar-refractivity contribution in [2.75, 3.05) is 4.72 Å². The minimum Gasteiger partial charge on any atom is -0.279 e. The molecule has 0 saturated heterocycles. The third kappa shape index (κ3) is 3.43. The molecule has 120 valence electrons. The maximum atomic E-state index is 12.3. The van der Waals surface area contributed by atoms with E-state index in [4.69, 9.17) is 0 Å². The van der Waals surface area contributed by atoms with Crippen LogP contribution in [0.25, 0.3) is 0 Å². The summed E-state index contributed by atoms with van der Waals surface area (Å²) in [5, 5.41) is 21.8. The molecular weight excluding hydrogens is 326 g/mol. The fraction of sp³-hybridized carbons (Fsp3) is 0.0769. The Hall–Kier alpha value is -3.01. The predicted octanol–water partition coefficient (Wildman–Crippen LogP) is 2.61. The zero-order chi connectivity index (χ0) is 17.2. The number of nitrogens with one attached hydrogen (secondary N) is 1. The molecule has 2 rings (SSSR count). The molecule has 0 amide bonds. The second kappa shape index (κ2) is 6.01. The molecule has 2 aromatic rings. The van der Waals surface area contributed by atoms with Gasteiger partial charge in [-0.1, -0.05) is 18.2 Å². The van der Waals surface area contributed by atoms with Gasteiger partial charge < -0.3 is 0 Å². The number of nitrogens with zero attached hydrogens (tertiary/aromatic N) is 2. The summed E-state index contributed by atoms with van der Waals surface area (Å²) in [6.45, 7) is 1.51. The summed E-state index contributed by atoms with van der Waals surface area (Å²) in [7, 11) is -4.26. The van der Waals surface area contributed by atoms with Crippen LogP contribution in [0.5, 0.6) is 0 Å². The van der Waals surface area contributed by atoms with Crippen LogP contribution in [-0.4, -0.2) is 18.3 Å². The summed E-state index contributed by atoms with van der Waals surface area (Å²) in [4.78, 5) is 19.9. The first-order valence-corrected chi connectivity index (χ1v) is 7.72. The van der Waals surface area contributed by atoms with Crippen molar-refractivity contribution in [1.82, 2.24) is 0 Å². The van der Waals surface area contributed by atoms with Crippen molar-refractivity contribution >= 4 is 27.1 Å². The number of benzene rings is 2. The van der Waals surface area contributed by atoms with Gasteiger partial charge in [0.1, 0.15) is 0 Å². The van der Waals surface area contributed by atoms with Gasteiger partial charge in [-0.15, -0.1) is 0 Å². The van der Waals surface area contributed by atoms with Gasteiger partial charge in [0.05, 0.1) is 15.5 Å². The fourth-order valence-corrected chi connectivity index (χ4v) is 3.14. The predicted molar refractivity (Wildman–Crippen MR) is 81.7 cm³/mol. The summed E-state index contributed by atoms with van der Waals surface area (Å²) in [5.74, 6) is 0. The summed E-state index contributed by atoms with van der Waals surface area (Å²) >= 11 is 0. The van der Waals surface area contributed by atoms with Crippen LogP contribution in [0.15, 0.2) is 47.4 Å². The van der Waals surface area contributed by atoms with Crippen molar-refractivity contribution in [2.24, 2.45) is 0 Å². The van der Waals surface area contributed by atoms with Crippen molar-refractivity contribution in [3.63, 3.8) is 0 Å². The van der Waals surface area contributed by atoms with E-state index < -0.39 is 30.5 Å². The van der Waals surface area contributed by atoms with Gasteiger partial charge in [-0.3, -0.25) is 25.0 Å². The molecule has 0 heterocycles. The topological polar surface area (TPSA) is 132 Å². The van der Waals surface area contributed by atoms with E-state index in [9.17, 15) is 28.6 Å². The Labute approximate surface area is 130 Å². The molecule has 2 aromatic carbocycles. The average Bonchev–Trinajstić information content (AvgIpc) is 2.48. The zero-order valence-corrected chi connectivity index (χ0v) is 12.6. The third-order valence-corrected chi connectivity index (χ3v) is 4.44. The molecule has 0 aliphatic rings. The standard InChI is InChI=1S/C13H11N3O6S/c1-9-6-7-10(8-12(9)16(19)20)14-23(21,22)13-5-3-2-4-11(13)15(17)18/h2-8,14H,1H3. The lowest BCUT2D eigenvalue weighted by Gasteiger charge is -2.09. The van der Waals surface area contributed by atoms with Crippen molar-refractivity contribution in [3.8, 4) is 0 Å². The van der Waals surface area contributed by atoms with Crippen molar-refractivity contribution in [3.05, 3.63) is 68.3 Å². The van der Waals surface area contributed by atoms with E-state index >= 15 is 0 Å². The number of para-hydroxylation sites is 1. The largest absolute Gasteiger partial charge is 0.289 e. The number of aryl methyl sites for hydroxylation is 1. The van der Waals surface area contributed by atoms with E-state index in [2.05, 4.69) is 4.72 Å². The number of nitro groups is 2. The van der Waals surface area contributed by atoms with Crippen LogP contribution in [0.4, 0.5) is 17.1 Å². The Balaban J connectivity index is 2.46. The minimum atomic E-state index is -4.26. The van der Waals surface area contributed by atoms with Gasteiger partial charge in [0.15, 0.2) is 4.90 Å². The Morgan fingerprint density at radius 1 is 0.957 bits per heavy atom. The number of rotatable bonds is 5. The van der Waals surface area contributed by atoms with E-state index in [1.165, 1.54) is 31.2 Å². The summed E-state index contributed by atoms with van der Waals surface area (Å²) in [6.07, 6.45) is 0. The van der Waals surface area contributed by atoms with Crippen LogP contribution in [0.1, 0.15) is 5.56 Å². The minimum absolute atomic E-state index is 0.0551. The van der Waals surface area contributed by atoms with E-state index in [1.807, 2.05) is 0 Å². The van der Waals surface area contributed by atoms with Gasteiger partial charge in [-0.05, 0) is 19.1 Å². The summed E-state index contributed by atoms with van der Waals surface area (Å²) in [5.41, 5.74) is -0.529. The van der Waals surface area contributed by atoms with Crippen molar-refractivity contribution in [2.45, 2.75) is 11.8 Å². The maximum Gasteiger partial charge on any atom is 0.289 e.